The van der Waals surface area contributed by atoms with E-state index in [0.717, 1.165) is 0 Å². The van der Waals surface area contributed by atoms with E-state index in [1.165, 1.54) is 32.0 Å². The highest BCUT2D eigenvalue weighted by atomic mass is 79.9. The van der Waals surface area contributed by atoms with Crippen LogP contribution >= 0.6 is 15.9 Å². The second-order valence-corrected chi connectivity index (χ2v) is 7.39. The van der Waals surface area contributed by atoms with Crippen LogP contribution in [-0.4, -0.2) is 61.3 Å². The van der Waals surface area contributed by atoms with Crippen molar-refractivity contribution in [2.75, 3.05) is 37.0 Å². The van der Waals surface area contributed by atoms with Crippen LogP contribution in [0.4, 0.5) is 5.69 Å². The summed E-state index contributed by atoms with van der Waals surface area (Å²) in [6.07, 6.45) is 0. The minimum absolute atomic E-state index is 0.0210. The fraction of sp³-hybridized carbons (Fsp3) is 0.318. The van der Waals surface area contributed by atoms with Gasteiger partial charge in [-0.25, -0.2) is 9.59 Å². The van der Waals surface area contributed by atoms with Crippen molar-refractivity contribution in [1.82, 2.24) is 10.6 Å². The Hall–Kier alpha value is -3.47. The van der Waals surface area contributed by atoms with Crippen molar-refractivity contribution in [2.45, 2.75) is 13.8 Å². The standard InChI is InChI=1S/C22H26BrN3O7/c1-13(2)21(30)32-7-5-24-19(28)15-9-16(11-17(10-15)26-18(27)12-23)20(29)25-6-8-33-22(31)14(3)4/h9-11H,1,3,5-8,12H2,2,4H3,(H,24,28)(H,25,29)(H,26,27). The molecular weight excluding hydrogens is 498 g/mol. The lowest BCUT2D eigenvalue weighted by Gasteiger charge is -2.12. The summed E-state index contributed by atoms with van der Waals surface area (Å²) in [6.45, 7) is 9.87. The summed E-state index contributed by atoms with van der Waals surface area (Å²) in [5.74, 6) is -2.60. The van der Waals surface area contributed by atoms with Gasteiger partial charge in [0.15, 0.2) is 0 Å². The largest absolute Gasteiger partial charge is 0.460 e. The van der Waals surface area contributed by atoms with Crippen LogP contribution in [0.1, 0.15) is 34.6 Å². The Morgan fingerprint density at radius 1 is 0.818 bits per heavy atom. The first kappa shape index (κ1) is 27.6. The molecule has 33 heavy (non-hydrogen) atoms. The number of anilines is 1. The summed E-state index contributed by atoms with van der Waals surface area (Å²) in [5.41, 5.74) is 0.919. The second kappa shape index (κ2) is 13.8. The molecule has 0 unspecified atom stereocenters. The molecule has 0 spiro atoms. The molecule has 11 heteroatoms. The van der Waals surface area contributed by atoms with Crippen molar-refractivity contribution in [3.8, 4) is 0 Å². The van der Waals surface area contributed by atoms with Crippen LogP contribution in [0.5, 0.6) is 0 Å². The lowest BCUT2D eigenvalue weighted by molar-refractivity contribution is -0.139. The van der Waals surface area contributed by atoms with Gasteiger partial charge < -0.3 is 25.4 Å². The number of alkyl halides is 1. The van der Waals surface area contributed by atoms with E-state index in [9.17, 15) is 24.0 Å². The van der Waals surface area contributed by atoms with E-state index in [2.05, 4.69) is 45.0 Å². The van der Waals surface area contributed by atoms with Gasteiger partial charge in [-0.2, -0.15) is 0 Å². The molecule has 1 aromatic carbocycles. The molecule has 0 aliphatic rings. The number of benzene rings is 1. The number of halogens is 1. The predicted octanol–water partition coefficient (Wildman–Crippen LogP) is 1.72. The summed E-state index contributed by atoms with van der Waals surface area (Å²) >= 11 is 3.03. The van der Waals surface area contributed by atoms with Crippen molar-refractivity contribution in [3.05, 3.63) is 53.6 Å². The van der Waals surface area contributed by atoms with Gasteiger partial charge in [0.2, 0.25) is 5.91 Å². The molecule has 0 aliphatic carbocycles. The number of rotatable bonds is 12. The van der Waals surface area contributed by atoms with Crippen molar-refractivity contribution < 1.29 is 33.4 Å². The molecular formula is C22H26BrN3O7. The molecule has 178 valence electrons. The number of esters is 2. The molecule has 0 aliphatic heterocycles. The molecule has 0 heterocycles. The molecule has 3 amide bonds. The highest BCUT2D eigenvalue weighted by Crippen LogP contribution is 2.16. The van der Waals surface area contributed by atoms with E-state index >= 15 is 0 Å². The van der Waals surface area contributed by atoms with Gasteiger partial charge in [0, 0.05) is 28.0 Å². The van der Waals surface area contributed by atoms with Gasteiger partial charge >= 0.3 is 11.9 Å². The third-order valence-electron chi connectivity index (χ3n) is 3.80. The van der Waals surface area contributed by atoms with Gasteiger partial charge in [-0.3, -0.25) is 14.4 Å². The van der Waals surface area contributed by atoms with Crippen LogP contribution in [0.25, 0.3) is 0 Å². The fourth-order valence-corrected chi connectivity index (χ4v) is 2.36. The maximum Gasteiger partial charge on any atom is 0.333 e. The third-order valence-corrected chi connectivity index (χ3v) is 4.31. The van der Waals surface area contributed by atoms with E-state index in [1.54, 1.807) is 0 Å². The zero-order valence-corrected chi connectivity index (χ0v) is 20.0. The van der Waals surface area contributed by atoms with E-state index < -0.39 is 23.8 Å². The maximum atomic E-state index is 12.5. The van der Waals surface area contributed by atoms with Crippen LogP contribution < -0.4 is 16.0 Å². The van der Waals surface area contributed by atoms with Gasteiger partial charge in [-0.05, 0) is 32.0 Å². The van der Waals surface area contributed by atoms with Crippen LogP contribution in [-0.2, 0) is 23.9 Å². The average Bonchev–Trinajstić information content (AvgIpc) is 2.78. The molecule has 3 N–H and O–H groups in total. The summed E-state index contributed by atoms with van der Waals surface area (Å²) in [7, 11) is 0. The third kappa shape index (κ3) is 10.1. The Morgan fingerprint density at radius 3 is 1.61 bits per heavy atom. The van der Waals surface area contributed by atoms with Crippen molar-refractivity contribution >= 4 is 51.3 Å². The molecule has 0 fully saturated rings. The molecule has 1 rings (SSSR count). The SMILES string of the molecule is C=C(C)C(=O)OCCNC(=O)c1cc(NC(=O)CBr)cc(C(=O)NCCOC(=O)C(=C)C)c1. The molecule has 0 aromatic heterocycles. The Morgan fingerprint density at radius 2 is 1.24 bits per heavy atom. The van der Waals surface area contributed by atoms with Crippen LogP contribution in [0.2, 0.25) is 0 Å². The zero-order valence-electron chi connectivity index (χ0n) is 18.4. The topological polar surface area (TPSA) is 140 Å². The number of nitrogens with one attached hydrogen (secondary N) is 3. The first-order valence-electron chi connectivity index (χ1n) is 9.77. The molecule has 1 aromatic rings. The average molecular weight is 524 g/mol. The second-order valence-electron chi connectivity index (χ2n) is 6.83. The molecule has 0 bridgehead atoms. The Kier molecular flexibility index (Phi) is 11.6. The summed E-state index contributed by atoms with van der Waals surface area (Å²) in [4.78, 5) is 59.5. The van der Waals surface area contributed by atoms with E-state index in [-0.39, 0.29) is 65.5 Å². The summed E-state index contributed by atoms with van der Waals surface area (Å²) in [5, 5.41) is 7.72. The van der Waals surface area contributed by atoms with Gasteiger partial charge in [-0.1, -0.05) is 29.1 Å². The smallest absolute Gasteiger partial charge is 0.333 e. The van der Waals surface area contributed by atoms with Crippen LogP contribution in [0.15, 0.2) is 42.5 Å². The van der Waals surface area contributed by atoms with Crippen LogP contribution in [0.3, 0.4) is 0 Å². The Bertz CT molecular complexity index is 895. The zero-order chi connectivity index (χ0) is 25.0. The Balaban J connectivity index is 2.85. The highest BCUT2D eigenvalue weighted by molar-refractivity contribution is 9.09. The molecule has 0 saturated heterocycles. The number of hydrogen-bond donors (Lipinski definition) is 3. The molecule has 0 radical (unpaired) electrons. The first-order valence-corrected chi connectivity index (χ1v) is 10.9. The maximum absolute atomic E-state index is 12.5. The number of amides is 3. The molecule has 0 saturated carbocycles. The highest BCUT2D eigenvalue weighted by Gasteiger charge is 2.15. The minimum Gasteiger partial charge on any atom is -0.460 e. The number of hydrogen-bond acceptors (Lipinski definition) is 7. The van der Waals surface area contributed by atoms with Crippen molar-refractivity contribution in [2.24, 2.45) is 0 Å². The fourth-order valence-electron chi connectivity index (χ4n) is 2.22. The number of ether oxygens (including phenoxy) is 2. The van der Waals surface area contributed by atoms with Crippen molar-refractivity contribution in [1.29, 1.82) is 0 Å². The van der Waals surface area contributed by atoms with Crippen molar-refractivity contribution in [3.63, 3.8) is 0 Å². The summed E-state index contributed by atoms with van der Waals surface area (Å²) in [6, 6.07) is 4.15. The molecule has 0 atom stereocenters. The predicted molar refractivity (Wildman–Crippen MR) is 125 cm³/mol. The number of carbonyl (C=O) groups is 5. The van der Waals surface area contributed by atoms with E-state index in [4.69, 9.17) is 9.47 Å². The Labute approximate surface area is 199 Å². The minimum atomic E-state index is -0.573. The normalized spacial score (nSPS) is 9.91. The van der Waals surface area contributed by atoms with Gasteiger partial charge in [0.25, 0.3) is 11.8 Å². The number of carbonyl (C=O) groups excluding carboxylic acids is 5. The summed E-state index contributed by atoms with van der Waals surface area (Å²) < 4.78 is 9.82. The lowest BCUT2D eigenvalue weighted by Crippen LogP contribution is -2.30. The van der Waals surface area contributed by atoms with E-state index in [1.807, 2.05) is 0 Å². The lowest BCUT2D eigenvalue weighted by atomic mass is 10.1. The monoisotopic (exact) mass is 523 g/mol. The van der Waals surface area contributed by atoms with Gasteiger partial charge in [0.05, 0.1) is 18.4 Å². The van der Waals surface area contributed by atoms with Crippen LogP contribution in [0, 0.1) is 0 Å². The van der Waals surface area contributed by atoms with Gasteiger partial charge in [-0.15, -0.1) is 0 Å². The molecule has 10 nitrogen and oxygen atoms in total. The van der Waals surface area contributed by atoms with Gasteiger partial charge in [0.1, 0.15) is 13.2 Å². The first-order chi connectivity index (χ1) is 15.5. The quantitative estimate of drug-likeness (QED) is 0.164. The van der Waals surface area contributed by atoms with E-state index in [0.29, 0.717) is 0 Å².